The zero-order valence-electron chi connectivity index (χ0n) is 11.1. The lowest BCUT2D eigenvalue weighted by Crippen LogP contribution is -2.35. The van der Waals surface area contributed by atoms with Gasteiger partial charge in [-0.2, -0.15) is 0 Å². The highest BCUT2D eigenvalue weighted by Crippen LogP contribution is 2.24. The first kappa shape index (κ1) is 14.2. The van der Waals surface area contributed by atoms with Crippen molar-refractivity contribution in [2.75, 3.05) is 5.73 Å². The quantitative estimate of drug-likeness (QED) is 0.669. The summed E-state index contributed by atoms with van der Waals surface area (Å²) in [4.78, 5) is 12.1. The number of rotatable bonds is 2. The Morgan fingerprint density at radius 2 is 2.00 bits per heavy atom. The van der Waals surface area contributed by atoms with Crippen molar-refractivity contribution < 1.29 is 14.3 Å². The van der Waals surface area contributed by atoms with E-state index < -0.39 is 5.97 Å². The molecule has 0 saturated carbocycles. The van der Waals surface area contributed by atoms with Crippen molar-refractivity contribution in [3.05, 3.63) is 28.8 Å². The van der Waals surface area contributed by atoms with Crippen molar-refractivity contribution in [2.24, 2.45) is 0 Å². The van der Waals surface area contributed by atoms with Crippen LogP contribution in [0.25, 0.3) is 0 Å². The first-order chi connectivity index (χ1) is 8.95. The van der Waals surface area contributed by atoms with Gasteiger partial charge in [-0.3, -0.25) is 0 Å². The number of hydrogen-bond donors (Lipinski definition) is 1. The van der Waals surface area contributed by atoms with Gasteiger partial charge in [0, 0.05) is 23.6 Å². The Kier molecular flexibility index (Phi) is 4.32. The summed E-state index contributed by atoms with van der Waals surface area (Å²) < 4.78 is 11.1. The number of anilines is 1. The van der Waals surface area contributed by atoms with Gasteiger partial charge in [-0.05, 0) is 32.0 Å². The third kappa shape index (κ3) is 3.61. The van der Waals surface area contributed by atoms with Gasteiger partial charge in [-0.25, -0.2) is 4.79 Å². The lowest BCUT2D eigenvalue weighted by Gasteiger charge is -2.31. The number of halogens is 1. The summed E-state index contributed by atoms with van der Waals surface area (Å²) in [6.07, 6.45) is 1.50. The molecule has 1 aromatic rings. The summed E-state index contributed by atoms with van der Waals surface area (Å²) in [5.74, 6) is -0.402. The van der Waals surface area contributed by atoms with Gasteiger partial charge in [-0.1, -0.05) is 11.6 Å². The standard InChI is InChI=1S/C14H18ClNO3/c1-8-5-11(6-9(2)18-8)19-14(17)12-4-3-10(15)7-13(12)16/h3-4,7-9,11H,5-6,16H2,1-2H3. The maximum Gasteiger partial charge on any atom is 0.340 e. The number of nitrogens with two attached hydrogens (primary N) is 1. The van der Waals surface area contributed by atoms with Crippen molar-refractivity contribution in [1.29, 1.82) is 0 Å². The van der Waals surface area contributed by atoms with E-state index in [0.717, 1.165) is 0 Å². The molecule has 0 bridgehead atoms. The van der Waals surface area contributed by atoms with Crippen molar-refractivity contribution in [3.63, 3.8) is 0 Å². The van der Waals surface area contributed by atoms with Crippen molar-refractivity contribution >= 4 is 23.3 Å². The Morgan fingerprint density at radius 1 is 1.37 bits per heavy atom. The van der Waals surface area contributed by atoms with Crippen LogP contribution >= 0.6 is 11.6 Å². The van der Waals surface area contributed by atoms with E-state index in [0.29, 0.717) is 29.1 Å². The zero-order valence-corrected chi connectivity index (χ0v) is 11.8. The van der Waals surface area contributed by atoms with E-state index in [1.807, 2.05) is 13.8 Å². The fourth-order valence-electron chi connectivity index (χ4n) is 2.37. The van der Waals surface area contributed by atoms with Gasteiger partial charge in [0.2, 0.25) is 0 Å². The van der Waals surface area contributed by atoms with Crippen LogP contribution in [-0.4, -0.2) is 24.3 Å². The Labute approximate surface area is 117 Å². The van der Waals surface area contributed by atoms with Crippen molar-refractivity contribution in [3.8, 4) is 0 Å². The van der Waals surface area contributed by atoms with Crippen LogP contribution in [0.2, 0.25) is 5.02 Å². The summed E-state index contributed by atoms with van der Waals surface area (Å²) in [5.41, 5.74) is 6.47. The normalized spacial score (nSPS) is 27.0. The van der Waals surface area contributed by atoms with Crippen LogP contribution in [0.4, 0.5) is 5.69 Å². The maximum atomic E-state index is 12.1. The molecule has 2 atom stereocenters. The molecule has 1 fully saturated rings. The van der Waals surface area contributed by atoms with Gasteiger partial charge in [0.15, 0.2) is 0 Å². The minimum absolute atomic E-state index is 0.101. The first-order valence-corrected chi connectivity index (χ1v) is 6.75. The molecule has 1 saturated heterocycles. The molecule has 0 amide bonds. The minimum atomic E-state index is -0.402. The Bertz CT molecular complexity index is 468. The molecule has 1 heterocycles. The average Bonchev–Trinajstić information content (AvgIpc) is 2.26. The zero-order chi connectivity index (χ0) is 14.0. The molecule has 4 nitrogen and oxygen atoms in total. The number of esters is 1. The number of carbonyl (C=O) groups excluding carboxylic acids is 1. The molecule has 2 N–H and O–H groups in total. The number of nitrogen functional groups attached to an aromatic ring is 1. The predicted octanol–water partition coefficient (Wildman–Crippen LogP) is 3.04. The van der Waals surface area contributed by atoms with Crippen LogP contribution in [0.3, 0.4) is 0 Å². The van der Waals surface area contributed by atoms with Gasteiger partial charge in [0.05, 0.1) is 17.8 Å². The second-order valence-corrected chi connectivity index (χ2v) is 5.42. The lowest BCUT2D eigenvalue weighted by atomic mass is 10.0. The largest absolute Gasteiger partial charge is 0.459 e. The highest BCUT2D eigenvalue weighted by atomic mass is 35.5. The molecule has 0 spiro atoms. The monoisotopic (exact) mass is 283 g/mol. The Morgan fingerprint density at radius 3 is 2.58 bits per heavy atom. The van der Waals surface area contributed by atoms with E-state index in [-0.39, 0.29) is 18.3 Å². The molecule has 0 radical (unpaired) electrons. The van der Waals surface area contributed by atoms with Crippen LogP contribution < -0.4 is 5.73 Å². The van der Waals surface area contributed by atoms with E-state index >= 15 is 0 Å². The summed E-state index contributed by atoms with van der Waals surface area (Å²) in [5, 5.41) is 0.502. The number of carbonyl (C=O) groups is 1. The topological polar surface area (TPSA) is 61.5 Å². The van der Waals surface area contributed by atoms with E-state index in [1.165, 1.54) is 0 Å². The Hall–Kier alpha value is -1.26. The number of ether oxygens (including phenoxy) is 2. The van der Waals surface area contributed by atoms with Crippen LogP contribution in [0.1, 0.15) is 37.0 Å². The molecular weight excluding hydrogens is 266 g/mol. The summed E-state index contributed by atoms with van der Waals surface area (Å²) >= 11 is 5.80. The molecule has 0 aliphatic carbocycles. The van der Waals surface area contributed by atoms with Crippen LogP contribution in [0, 0.1) is 0 Å². The smallest absolute Gasteiger partial charge is 0.340 e. The predicted molar refractivity (Wildman–Crippen MR) is 74.3 cm³/mol. The Balaban J connectivity index is 2.04. The lowest BCUT2D eigenvalue weighted by molar-refractivity contribution is -0.0855. The highest BCUT2D eigenvalue weighted by Gasteiger charge is 2.28. The minimum Gasteiger partial charge on any atom is -0.459 e. The van der Waals surface area contributed by atoms with Gasteiger partial charge < -0.3 is 15.2 Å². The van der Waals surface area contributed by atoms with E-state index in [9.17, 15) is 4.79 Å². The van der Waals surface area contributed by atoms with E-state index in [1.54, 1.807) is 18.2 Å². The van der Waals surface area contributed by atoms with E-state index in [2.05, 4.69) is 0 Å². The van der Waals surface area contributed by atoms with Gasteiger partial charge in [-0.15, -0.1) is 0 Å². The molecule has 5 heteroatoms. The molecule has 2 rings (SSSR count). The number of hydrogen-bond acceptors (Lipinski definition) is 4. The van der Waals surface area contributed by atoms with E-state index in [4.69, 9.17) is 26.8 Å². The molecular formula is C14H18ClNO3. The third-order valence-corrected chi connectivity index (χ3v) is 3.40. The maximum absolute atomic E-state index is 12.1. The van der Waals surface area contributed by atoms with Crippen LogP contribution in [0.15, 0.2) is 18.2 Å². The molecule has 1 aliphatic rings. The average molecular weight is 284 g/mol. The summed E-state index contributed by atoms with van der Waals surface area (Å²) in [6.45, 7) is 3.96. The second kappa shape index (κ2) is 5.80. The second-order valence-electron chi connectivity index (χ2n) is 4.99. The van der Waals surface area contributed by atoms with Gasteiger partial charge in [0.25, 0.3) is 0 Å². The van der Waals surface area contributed by atoms with Crippen LogP contribution in [0.5, 0.6) is 0 Å². The van der Waals surface area contributed by atoms with Crippen LogP contribution in [-0.2, 0) is 9.47 Å². The van der Waals surface area contributed by atoms with Gasteiger partial charge >= 0.3 is 5.97 Å². The third-order valence-electron chi connectivity index (χ3n) is 3.16. The molecule has 1 aliphatic heterocycles. The van der Waals surface area contributed by atoms with Gasteiger partial charge in [0.1, 0.15) is 6.10 Å². The summed E-state index contributed by atoms with van der Waals surface area (Å²) in [6, 6.07) is 4.77. The summed E-state index contributed by atoms with van der Waals surface area (Å²) in [7, 11) is 0. The molecule has 1 aromatic carbocycles. The highest BCUT2D eigenvalue weighted by molar-refractivity contribution is 6.31. The number of benzene rings is 1. The fourth-order valence-corrected chi connectivity index (χ4v) is 2.56. The molecule has 104 valence electrons. The molecule has 19 heavy (non-hydrogen) atoms. The molecule has 0 aromatic heterocycles. The van der Waals surface area contributed by atoms with Crippen molar-refractivity contribution in [1.82, 2.24) is 0 Å². The molecule has 2 unspecified atom stereocenters. The van der Waals surface area contributed by atoms with Crippen molar-refractivity contribution in [2.45, 2.75) is 45.0 Å². The fraction of sp³-hybridized carbons (Fsp3) is 0.500. The SMILES string of the molecule is CC1CC(OC(=O)c2ccc(Cl)cc2N)CC(C)O1. The first-order valence-electron chi connectivity index (χ1n) is 6.37.